The van der Waals surface area contributed by atoms with Crippen LogP contribution < -0.4 is 0 Å². The smallest absolute Gasteiger partial charge is 0.377 e. The fourth-order valence-corrected chi connectivity index (χ4v) is 4.50. The molecule has 1 aliphatic heterocycles. The maximum atomic E-state index is 6.05. The quantitative estimate of drug-likeness (QED) is 0.614. The van der Waals surface area contributed by atoms with Crippen molar-refractivity contribution < 1.29 is 13.3 Å². The Bertz CT molecular complexity index is 207. The summed E-state index contributed by atoms with van der Waals surface area (Å²) in [6.07, 6.45) is 3.29. The van der Waals surface area contributed by atoms with Crippen LogP contribution >= 0.6 is 12.6 Å². The molecular weight excluding hydrogens is 228 g/mol. The highest BCUT2D eigenvalue weighted by Crippen LogP contribution is 2.36. The highest BCUT2D eigenvalue weighted by Gasteiger charge is 2.47. The Morgan fingerprint density at radius 1 is 1.47 bits per heavy atom. The van der Waals surface area contributed by atoms with Crippen molar-refractivity contribution in [3.8, 4) is 0 Å². The van der Waals surface area contributed by atoms with Crippen LogP contribution in [0.5, 0.6) is 0 Å². The summed E-state index contributed by atoms with van der Waals surface area (Å²) in [5.41, 5.74) is 0. The van der Waals surface area contributed by atoms with Crippen LogP contribution in [-0.2, 0) is 13.3 Å². The van der Waals surface area contributed by atoms with Crippen LogP contribution in [0.4, 0.5) is 0 Å². The van der Waals surface area contributed by atoms with Gasteiger partial charge >= 0.3 is 8.80 Å². The summed E-state index contributed by atoms with van der Waals surface area (Å²) in [5, 5.41) is 0. The van der Waals surface area contributed by atoms with Crippen LogP contribution in [0.1, 0.15) is 33.1 Å². The predicted octanol–water partition coefficient (Wildman–Crippen LogP) is 2.50. The molecule has 1 rings (SSSR count). The molecule has 0 saturated carbocycles. The Kier molecular flexibility index (Phi) is 4.67. The van der Waals surface area contributed by atoms with Crippen molar-refractivity contribution in [1.82, 2.24) is 0 Å². The highest BCUT2D eigenvalue weighted by molar-refractivity contribution is 7.81. The van der Waals surface area contributed by atoms with Gasteiger partial charge in [-0.25, -0.2) is 0 Å². The van der Waals surface area contributed by atoms with Crippen LogP contribution in [0.3, 0.4) is 0 Å². The van der Waals surface area contributed by atoms with E-state index in [0.717, 1.165) is 25.3 Å². The summed E-state index contributed by atoms with van der Waals surface area (Å²) in [6, 6.07) is 0.921. The van der Waals surface area contributed by atoms with E-state index in [1.807, 2.05) is 0 Å². The molecule has 0 aromatic rings. The molecular formula is C10H22O3SSi. The van der Waals surface area contributed by atoms with E-state index in [4.69, 9.17) is 13.3 Å². The van der Waals surface area contributed by atoms with Crippen molar-refractivity contribution >= 4 is 21.4 Å². The third-order valence-corrected chi connectivity index (χ3v) is 6.76. The van der Waals surface area contributed by atoms with Gasteiger partial charge in [-0.3, -0.25) is 0 Å². The summed E-state index contributed by atoms with van der Waals surface area (Å²) in [6.45, 7) is 4.25. The molecule has 0 aromatic heterocycles. The van der Waals surface area contributed by atoms with E-state index >= 15 is 0 Å². The van der Waals surface area contributed by atoms with Gasteiger partial charge in [-0.1, -0.05) is 6.92 Å². The van der Waals surface area contributed by atoms with E-state index in [1.54, 1.807) is 14.2 Å². The van der Waals surface area contributed by atoms with Gasteiger partial charge in [-0.05, 0) is 26.2 Å². The fraction of sp³-hybridized carbons (Fsp3) is 1.00. The molecule has 1 aliphatic rings. The molecule has 90 valence electrons. The number of hydrogen-bond donors (Lipinski definition) is 1. The van der Waals surface area contributed by atoms with Gasteiger partial charge in [0.05, 0.1) is 6.10 Å². The molecule has 1 heterocycles. The number of thiol groups is 1. The van der Waals surface area contributed by atoms with Crippen molar-refractivity contribution in [1.29, 1.82) is 0 Å². The topological polar surface area (TPSA) is 27.7 Å². The third kappa shape index (κ3) is 2.97. The molecule has 0 aromatic carbocycles. The predicted molar refractivity (Wildman–Crippen MR) is 66.4 cm³/mol. The largest absolute Gasteiger partial charge is 0.500 e. The number of hydrogen-bond acceptors (Lipinski definition) is 4. The second-order valence-electron chi connectivity index (χ2n) is 4.30. The zero-order valence-corrected chi connectivity index (χ0v) is 12.0. The minimum Gasteiger partial charge on any atom is -0.377 e. The van der Waals surface area contributed by atoms with Crippen LogP contribution in [-0.4, -0.2) is 33.9 Å². The molecule has 5 heteroatoms. The van der Waals surface area contributed by atoms with E-state index in [0.29, 0.717) is 0 Å². The average molecular weight is 250 g/mol. The molecule has 15 heavy (non-hydrogen) atoms. The van der Waals surface area contributed by atoms with E-state index in [2.05, 4.69) is 26.5 Å². The first-order valence-corrected chi connectivity index (χ1v) is 7.88. The maximum Gasteiger partial charge on any atom is 0.500 e. The average Bonchev–Trinajstić information content (AvgIpc) is 2.29. The summed E-state index contributed by atoms with van der Waals surface area (Å²) in [5.74, 6) is 0. The first kappa shape index (κ1) is 13.5. The van der Waals surface area contributed by atoms with Crippen LogP contribution in [0, 0.1) is 0 Å². The first-order chi connectivity index (χ1) is 6.99. The zero-order chi connectivity index (χ0) is 11.5. The first-order valence-electron chi connectivity index (χ1n) is 5.50. The number of rotatable bonds is 4. The molecule has 0 spiro atoms. The molecule has 0 radical (unpaired) electrons. The van der Waals surface area contributed by atoms with Crippen molar-refractivity contribution in [3.63, 3.8) is 0 Å². The van der Waals surface area contributed by atoms with Gasteiger partial charge in [0.1, 0.15) is 0 Å². The summed E-state index contributed by atoms with van der Waals surface area (Å²) in [7, 11) is 0.992. The summed E-state index contributed by atoms with van der Waals surface area (Å²) < 4.78 is 16.9. The van der Waals surface area contributed by atoms with Gasteiger partial charge < -0.3 is 13.3 Å². The van der Waals surface area contributed by atoms with Crippen molar-refractivity contribution in [2.45, 2.75) is 50.0 Å². The van der Waals surface area contributed by atoms with E-state index in [9.17, 15) is 0 Å². The molecule has 0 amide bonds. The fourth-order valence-electron chi connectivity index (χ4n) is 1.89. The Morgan fingerprint density at radius 3 is 2.53 bits per heavy atom. The van der Waals surface area contributed by atoms with Crippen molar-refractivity contribution in [2.75, 3.05) is 14.2 Å². The highest BCUT2D eigenvalue weighted by atomic mass is 32.1. The Morgan fingerprint density at radius 2 is 2.07 bits per heavy atom. The van der Waals surface area contributed by atoms with Crippen LogP contribution in [0.2, 0.25) is 6.04 Å². The lowest BCUT2D eigenvalue weighted by molar-refractivity contribution is 0.0173. The normalized spacial score (nSPS) is 29.8. The van der Waals surface area contributed by atoms with Gasteiger partial charge in [-0.15, -0.1) is 0 Å². The second-order valence-corrected chi connectivity index (χ2v) is 8.24. The molecule has 0 N–H and O–H groups in total. The standard InChI is InChI=1S/C10H22O3SSi/c1-5-10(2,14)9-7-6-8-15(11-3,12-4)13-9/h9,14H,5-8H2,1-4H3. The van der Waals surface area contributed by atoms with Gasteiger partial charge in [0.25, 0.3) is 0 Å². The van der Waals surface area contributed by atoms with Crippen LogP contribution in [0.25, 0.3) is 0 Å². The van der Waals surface area contributed by atoms with Crippen molar-refractivity contribution in [3.05, 3.63) is 0 Å². The lowest BCUT2D eigenvalue weighted by Gasteiger charge is -2.42. The molecule has 1 fully saturated rings. The molecule has 2 atom stereocenters. The lowest BCUT2D eigenvalue weighted by atomic mass is 9.97. The van der Waals surface area contributed by atoms with E-state index < -0.39 is 8.80 Å². The Labute approximate surface area is 99.3 Å². The van der Waals surface area contributed by atoms with E-state index in [1.165, 1.54) is 0 Å². The summed E-state index contributed by atoms with van der Waals surface area (Å²) >= 11 is 4.67. The van der Waals surface area contributed by atoms with Crippen molar-refractivity contribution in [2.24, 2.45) is 0 Å². The Balaban J connectivity index is 2.71. The molecule has 0 bridgehead atoms. The zero-order valence-electron chi connectivity index (χ0n) is 10.1. The Hall–Kier alpha value is 0.447. The maximum absolute atomic E-state index is 6.05. The SMILES string of the molecule is CCC(C)(S)C1CCC[Si](OC)(OC)O1. The van der Waals surface area contributed by atoms with Gasteiger partial charge in [-0.2, -0.15) is 12.6 Å². The van der Waals surface area contributed by atoms with Gasteiger partial charge in [0, 0.05) is 25.0 Å². The molecule has 1 saturated heterocycles. The summed E-state index contributed by atoms with van der Waals surface area (Å²) in [4.78, 5) is 0. The molecule has 0 aliphatic carbocycles. The molecule has 3 nitrogen and oxygen atoms in total. The van der Waals surface area contributed by atoms with Gasteiger partial charge in [0.15, 0.2) is 0 Å². The lowest BCUT2D eigenvalue weighted by Crippen LogP contribution is -2.54. The third-order valence-electron chi connectivity index (χ3n) is 3.30. The second kappa shape index (κ2) is 5.18. The van der Waals surface area contributed by atoms with Gasteiger partial charge in [0.2, 0.25) is 0 Å². The minimum atomic E-state index is -2.37. The van der Waals surface area contributed by atoms with Crippen LogP contribution in [0.15, 0.2) is 0 Å². The van der Waals surface area contributed by atoms with E-state index in [-0.39, 0.29) is 10.9 Å². The monoisotopic (exact) mass is 250 g/mol. The minimum absolute atomic E-state index is 0.0876. The molecule has 2 unspecified atom stereocenters.